The molecule has 0 fully saturated rings. The number of hydrogen-bond acceptors (Lipinski definition) is 4. The zero-order valence-electron chi connectivity index (χ0n) is 9.17. The maximum absolute atomic E-state index is 10.9. The molecule has 0 unspecified atom stereocenters. The molecule has 0 amide bonds. The van der Waals surface area contributed by atoms with Crippen LogP contribution in [0.25, 0.3) is 0 Å². The summed E-state index contributed by atoms with van der Waals surface area (Å²) in [5.74, 6) is 0.483. The Morgan fingerprint density at radius 2 is 2.00 bits per heavy atom. The van der Waals surface area contributed by atoms with Crippen molar-refractivity contribution in [3.05, 3.63) is 28.5 Å². The smallest absolute Gasteiger partial charge is 0.330 e. The number of rotatable bonds is 2. The molecular weight excluding hydrogens is 208 g/mol. The maximum Gasteiger partial charge on any atom is 0.330 e. The van der Waals surface area contributed by atoms with E-state index in [2.05, 4.69) is 17.3 Å². The second-order valence-corrected chi connectivity index (χ2v) is 3.80. The van der Waals surface area contributed by atoms with Crippen LogP contribution in [0.1, 0.15) is 12.8 Å². The summed E-state index contributed by atoms with van der Waals surface area (Å²) in [6, 6.07) is 0. The van der Waals surface area contributed by atoms with Gasteiger partial charge in [0.15, 0.2) is 0 Å². The molecule has 1 aromatic heterocycles. The number of hydrogen-bond donors (Lipinski definition) is 0. The van der Waals surface area contributed by atoms with Crippen molar-refractivity contribution < 1.29 is 4.92 Å². The Bertz CT molecular complexity index is 414. The Hall–Kier alpha value is -1.85. The van der Waals surface area contributed by atoms with Crippen LogP contribution in [0.3, 0.4) is 0 Å². The van der Waals surface area contributed by atoms with Crippen LogP contribution in [0.4, 0.5) is 11.5 Å². The molecule has 0 aromatic carbocycles. The van der Waals surface area contributed by atoms with Gasteiger partial charge in [-0.05, 0) is 12.8 Å². The minimum absolute atomic E-state index is 0.0874. The molecule has 0 radical (unpaired) electrons. The molecule has 0 saturated carbocycles. The quantitative estimate of drug-likeness (QED) is 0.432. The number of nitrogens with zero attached hydrogens (tertiary/aromatic N) is 4. The monoisotopic (exact) mass is 222 g/mol. The lowest BCUT2D eigenvalue weighted by Gasteiger charge is -2.18. The van der Waals surface area contributed by atoms with Crippen molar-refractivity contribution in [2.45, 2.75) is 12.8 Å². The largest absolute Gasteiger partial charge is 0.349 e. The first-order valence-electron chi connectivity index (χ1n) is 5.26. The fourth-order valence-electron chi connectivity index (χ4n) is 1.84. The van der Waals surface area contributed by atoms with Gasteiger partial charge in [0.2, 0.25) is 5.82 Å². The van der Waals surface area contributed by atoms with E-state index in [1.165, 1.54) is 10.9 Å². The van der Waals surface area contributed by atoms with E-state index in [4.69, 9.17) is 0 Å². The highest BCUT2D eigenvalue weighted by Crippen LogP contribution is 2.26. The maximum atomic E-state index is 10.9. The molecule has 86 valence electrons. The second-order valence-electron chi connectivity index (χ2n) is 3.80. The van der Waals surface area contributed by atoms with Crippen LogP contribution in [0.2, 0.25) is 0 Å². The van der Waals surface area contributed by atoms with E-state index >= 15 is 0 Å². The van der Waals surface area contributed by atoms with Crippen molar-refractivity contribution in [3.63, 3.8) is 0 Å². The normalized spacial score (nSPS) is 16.2. The third-order valence-corrected chi connectivity index (χ3v) is 2.58. The van der Waals surface area contributed by atoms with E-state index in [0.717, 1.165) is 25.9 Å². The highest BCUT2D eigenvalue weighted by molar-refractivity contribution is 5.56. The van der Waals surface area contributed by atoms with Crippen LogP contribution in [0.5, 0.6) is 0 Å². The third kappa shape index (κ3) is 2.05. The first-order valence-corrected chi connectivity index (χ1v) is 5.26. The standard InChI is InChI=1S/C10H14N4O2/c1-12-8-9(14(15)16)10(11-12)13-6-4-2-3-5-7-13/h2-3,8H,4-7H2,1H3. The average molecular weight is 222 g/mol. The van der Waals surface area contributed by atoms with E-state index < -0.39 is 0 Å². The van der Waals surface area contributed by atoms with Gasteiger partial charge in [0, 0.05) is 20.1 Å². The Labute approximate surface area is 93.3 Å². The van der Waals surface area contributed by atoms with Gasteiger partial charge in [-0.2, -0.15) is 0 Å². The number of aryl methyl sites for hydroxylation is 1. The fraction of sp³-hybridized carbons (Fsp3) is 0.500. The van der Waals surface area contributed by atoms with Gasteiger partial charge in [0.05, 0.1) is 4.92 Å². The van der Waals surface area contributed by atoms with Gasteiger partial charge < -0.3 is 4.90 Å². The highest BCUT2D eigenvalue weighted by atomic mass is 16.6. The lowest BCUT2D eigenvalue weighted by molar-refractivity contribution is -0.384. The van der Waals surface area contributed by atoms with Crippen LogP contribution in [-0.2, 0) is 7.05 Å². The molecule has 0 aliphatic carbocycles. The molecular formula is C10H14N4O2. The van der Waals surface area contributed by atoms with Crippen molar-refractivity contribution in [1.82, 2.24) is 9.78 Å². The Morgan fingerprint density at radius 1 is 1.38 bits per heavy atom. The minimum Gasteiger partial charge on any atom is -0.349 e. The van der Waals surface area contributed by atoms with Crippen LogP contribution >= 0.6 is 0 Å². The summed E-state index contributed by atoms with van der Waals surface area (Å²) < 4.78 is 1.49. The Kier molecular flexibility index (Phi) is 2.89. The molecule has 1 aliphatic rings. The van der Waals surface area contributed by atoms with Crippen LogP contribution in [0.15, 0.2) is 18.3 Å². The SMILES string of the molecule is Cn1cc([N+](=O)[O-])c(N2CCC=CCC2)n1. The van der Waals surface area contributed by atoms with Crippen LogP contribution in [0, 0.1) is 10.1 Å². The summed E-state index contributed by atoms with van der Waals surface area (Å²) in [6.45, 7) is 1.57. The molecule has 1 aliphatic heterocycles. The summed E-state index contributed by atoms with van der Waals surface area (Å²) in [4.78, 5) is 12.5. The molecule has 6 nitrogen and oxygen atoms in total. The van der Waals surface area contributed by atoms with Gasteiger partial charge >= 0.3 is 5.69 Å². The van der Waals surface area contributed by atoms with Crippen molar-refractivity contribution in [1.29, 1.82) is 0 Å². The van der Waals surface area contributed by atoms with Crippen LogP contribution < -0.4 is 4.90 Å². The molecule has 0 bridgehead atoms. The van der Waals surface area contributed by atoms with Gasteiger partial charge in [0.1, 0.15) is 6.20 Å². The summed E-state index contributed by atoms with van der Waals surface area (Å²) >= 11 is 0. The van der Waals surface area contributed by atoms with Gasteiger partial charge in [0.25, 0.3) is 0 Å². The molecule has 0 spiro atoms. The second kappa shape index (κ2) is 4.34. The lowest BCUT2D eigenvalue weighted by atomic mass is 10.4. The summed E-state index contributed by atoms with van der Waals surface area (Å²) in [7, 11) is 1.70. The molecule has 16 heavy (non-hydrogen) atoms. The first kappa shape index (κ1) is 10.7. The molecule has 6 heteroatoms. The van der Waals surface area contributed by atoms with E-state index in [0.29, 0.717) is 5.82 Å². The number of anilines is 1. The van der Waals surface area contributed by atoms with E-state index in [1.807, 2.05) is 4.90 Å². The zero-order chi connectivity index (χ0) is 11.5. The zero-order valence-corrected chi connectivity index (χ0v) is 9.17. The van der Waals surface area contributed by atoms with Gasteiger partial charge in [-0.25, -0.2) is 0 Å². The van der Waals surface area contributed by atoms with Crippen molar-refractivity contribution in [3.8, 4) is 0 Å². The van der Waals surface area contributed by atoms with Gasteiger partial charge in [-0.15, -0.1) is 5.10 Å². The number of nitro groups is 1. The van der Waals surface area contributed by atoms with E-state index in [1.54, 1.807) is 7.05 Å². The molecule has 1 aromatic rings. The molecule has 0 saturated heterocycles. The summed E-state index contributed by atoms with van der Waals surface area (Å²) in [5.41, 5.74) is 0.0874. The van der Waals surface area contributed by atoms with Crippen LogP contribution in [-0.4, -0.2) is 27.8 Å². The summed E-state index contributed by atoms with van der Waals surface area (Å²) in [6.07, 6.45) is 7.48. The predicted molar refractivity (Wildman–Crippen MR) is 60.4 cm³/mol. The van der Waals surface area contributed by atoms with Crippen molar-refractivity contribution in [2.24, 2.45) is 7.05 Å². The van der Waals surface area contributed by atoms with Crippen molar-refractivity contribution in [2.75, 3.05) is 18.0 Å². The average Bonchev–Trinajstić information content (AvgIpc) is 2.49. The van der Waals surface area contributed by atoms with Crippen molar-refractivity contribution >= 4 is 11.5 Å². The summed E-state index contributed by atoms with van der Waals surface area (Å²) in [5, 5.41) is 15.0. The number of aromatic nitrogens is 2. The minimum atomic E-state index is -0.374. The fourth-order valence-corrected chi connectivity index (χ4v) is 1.84. The van der Waals surface area contributed by atoms with Gasteiger partial charge in [-0.3, -0.25) is 14.8 Å². The first-order chi connectivity index (χ1) is 7.68. The Morgan fingerprint density at radius 3 is 2.56 bits per heavy atom. The molecule has 0 N–H and O–H groups in total. The van der Waals surface area contributed by atoms with Gasteiger partial charge in [-0.1, -0.05) is 12.2 Å². The third-order valence-electron chi connectivity index (χ3n) is 2.58. The highest BCUT2D eigenvalue weighted by Gasteiger charge is 2.23. The molecule has 2 rings (SSSR count). The molecule has 0 atom stereocenters. The lowest BCUT2D eigenvalue weighted by Crippen LogP contribution is -2.25. The Balaban J connectivity index is 2.28. The topological polar surface area (TPSA) is 64.2 Å². The van der Waals surface area contributed by atoms with E-state index in [-0.39, 0.29) is 10.6 Å². The predicted octanol–water partition coefficient (Wildman–Crippen LogP) is 1.48. The van der Waals surface area contributed by atoms with E-state index in [9.17, 15) is 10.1 Å². The molecule has 2 heterocycles.